The molecule has 0 aliphatic heterocycles. The van der Waals surface area contributed by atoms with Crippen LogP contribution < -0.4 is 14.9 Å². The summed E-state index contributed by atoms with van der Waals surface area (Å²) < 4.78 is 11.1. The highest BCUT2D eigenvalue weighted by Crippen LogP contribution is 2.20. The van der Waals surface area contributed by atoms with E-state index in [4.69, 9.17) is 9.47 Å². The zero-order valence-corrected chi connectivity index (χ0v) is 14.7. The summed E-state index contributed by atoms with van der Waals surface area (Å²) >= 11 is 3.37. The minimum atomic E-state index is -0.512. The maximum atomic E-state index is 11.7. The van der Waals surface area contributed by atoms with Gasteiger partial charge in [-0.15, -0.1) is 0 Å². The number of hydrogen-bond donors (Lipinski definition) is 1. The topological polar surface area (TPSA) is 103 Å². The van der Waals surface area contributed by atoms with Crippen molar-refractivity contribution in [3.05, 3.63) is 62.6 Å². The maximum Gasteiger partial charge on any atom is 0.277 e. The molecule has 2 aromatic carbocycles. The maximum absolute atomic E-state index is 11.7. The molecule has 0 heterocycles. The van der Waals surface area contributed by atoms with Gasteiger partial charge in [-0.1, -0.05) is 15.9 Å². The number of hydrazone groups is 1. The normalized spacial score (nSPS) is 10.5. The Morgan fingerprint density at radius 1 is 1.28 bits per heavy atom. The molecule has 0 fully saturated rings. The second-order valence-electron chi connectivity index (χ2n) is 4.72. The number of nitro groups is 1. The molecule has 0 bridgehead atoms. The quantitative estimate of drug-likeness (QED) is 0.431. The van der Waals surface area contributed by atoms with Gasteiger partial charge >= 0.3 is 0 Å². The molecular formula is C16H14BrN3O5. The summed E-state index contributed by atoms with van der Waals surface area (Å²) in [6, 6.07) is 10.8. The molecule has 1 N–H and O–H groups in total. The molecule has 0 unspecified atom stereocenters. The summed E-state index contributed by atoms with van der Waals surface area (Å²) in [6.07, 6.45) is 1.47. The first-order valence-corrected chi connectivity index (χ1v) is 7.81. The molecule has 0 saturated heterocycles. The van der Waals surface area contributed by atoms with Gasteiger partial charge in [0.25, 0.3) is 11.6 Å². The number of nitro benzene ring substituents is 1. The molecule has 0 aliphatic carbocycles. The average molecular weight is 408 g/mol. The third-order valence-electron chi connectivity index (χ3n) is 3.01. The van der Waals surface area contributed by atoms with Crippen LogP contribution in [0.25, 0.3) is 0 Å². The molecule has 9 heteroatoms. The van der Waals surface area contributed by atoms with Crippen LogP contribution in [-0.2, 0) is 4.79 Å². The molecule has 0 aromatic heterocycles. The minimum Gasteiger partial charge on any atom is -0.497 e. The molecule has 0 atom stereocenters. The number of rotatable bonds is 7. The summed E-state index contributed by atoms with van der Waals surface area (Å²) in [5.74, 6) is 0.548. The zero-order valence-electron chi connectivity index (χ0n) is 13.1. The SMILES string of the molecule is COc1ccc(Br)c(/C=N\NC(=O)COc2ccc([N+](=O)[O-])cc2)c1. The number of nitrogens with one attached hydrogen (secondary N) is 1. The number of nitrogens with zero attached hydrogens (tertiary/aromatic N) is 2. The summed E-state index contributed by atoms with van der Waals surface area (Å²) in [6.45, 7) is -0.269. The number of benzene rings is 2. The van der Waals surface area contributed by atoms with Gasteiger partial charge in [-0.3, -0.25) is 14.9 Å². The number of methoxy groups -OCH3 is 1. The third kappa shape index (κ3) is 5.57. The molecule has 1 amide bonds. The second kappa shape index (κ2) is 8.78. The van der Waals surface area contributed by atoms with Crippen LogP contribution in [0.3, 0.4) is 0 Å². The Hall–Kier alpha value is -2.94. The van der Waals surface area contributed by atoms with E-state index in [1.165, 1.54) is 30.5 Å². The number of halogens is 1. The summed E-state index contributed by atoms with van der Waals surface area (Å²) in [4.78, 5) is 21.7. The lowest BCUT2D eigenvalue weighted by molar-refractivity contribution is -0.384. The molecule has 2 aromatic rings. The van der Waals surface area contributed by atoms with Crippen molar-refractivity contribution in [3.8, 4) is 11.5 Å². The van der Waals surface area contributed by atoms with Gasteiger partial charge in [-0.05, 0) is 30.3 Å². The Morgan fingerprint density at radius 2 is 1.96 bits per heavy atom. The van der Waals surface area contributed by atoms with Crippen molar-refractivity contribution < 1.29 is 19.2 Å². The summed E-state index contributed by atoms with van der Waals surface area (Å²) in [7, 11) is 1.56. The molecular weight excluding hydrogens is 394 g/mol. The van der Waals surface area contributed by atoms with Crippen LogP contribution in [0.2, 0.25) is 0 Å². The predicted octanol–water partition coefficient (Wildman–Crippen LogP) is 2.90. The van der Waals surface area contributed by atoms with Crippen LogP contribution in [0, 0.1) is 10.1 Å². The predicted molar refractivity (Wildman–Crippen MR) is 95.0 cm³/mol. The van der Waals surface area contributed by atoms with Gasteiger partial charge in [0, 0.05) is 22.2 Å². The number of carbonyl (C=O) groups excluding carboxylic acids is 1. The van der Waals surface area contributed by atoms with Gasteiger partial charge in [-0.2, -0.15) is 5.10 Å². The van der Waals surface area contributed by atoms with Crippen molar-refractivity contribution in [3.63, 3.8) is 0 Å². The van der Waals surface area contributed by atoms with Crippen molar-refractivity contribution in [2.24, 2.45) is 5.10 Å². The lowest BCUT2D eigenvalue weighted by Gasteiger charge is -2.05. The lowest BCUT2D eigenvalue weighted by atomic mass is 10.2. The fourth-order valence-corrected chi connectivity index (χ4v) is 2.12. The number of ether oxygens (including phenoxy) is 2. The Balaban J connectivity index is 1.85. The van der Waals surface area contributed by atoms with Crippen LogP contribution in [0.5, 0.6) is 11.5 Å². The van der Waals surface area contributed by atoms with Crippen LogP contribution in [0.4, 0.5) is 5.69 Å². The number of amides is 1. The van der Waals surface area contributed by atoms with E-state index in [0.29, 0.717) is 11.5 Å². The number of non-ortho nitro benzene ring substituents is 1. The van der Waals surface area contributed by atoms with Crippen molar-refractivity contribution in [1.29, 1.82) is 0 Å². The van der Waals surface area contributed by atoms with Crippen LogP contribution >= 0.6 is 15.9 Å². The zero-order chi connectivity index (χ0) is 18.2. The van der Waals surface area contributed by atoms with Crippen LogP contribution in [0.15, 0.2) is 52.0 Å². The van der Waals surface area contributed by atoms with Crippen molar-refractivity contribution in [1.82, 2.24) is 5.43 Å². The van der Waals surface area contributed by atoms with Gasteiger partial charge < -0.3 is 9.47 Å². The molecule has 0 spiro atoms. The highest BCUT2D eigenvalue weighted by molar-refractivity contribution is 9.10. The lowest BCUT2D eigenvalue weighted by Crippen LogP contribution is -2.24. The number of carbonyl (C=O) groups is 1. The van der Waals surface area contributed by atoms with E-state index in [9.17, 15) is 14.9 Å². The van der Waals surface area contributed by atoms with Gasteiger partial charge in [0.15, 0.2) is 6.61 Å². The summed E-state index contributed by atoms with van der Waals surface area (Å²) in [5.41, 5.74) is 3.01. The van der Waals surface area contributed by atoms with Gasteiger partial charge in [0.2, 0.25) is 0 Å². The van der Waals surface area contributed by atoms with Gasteiger partial charge in [0.05, 0.1) is 18.2 Å². The van der Waals surface area contributed by atoms with E-state index >= 15 is 0 Å². The molecule has 0 aliphatic rings. The Kier molecular flexibility index (Phi) is 6.47. The Bertz CT molecular complexity index is 793. The molecule has 0 radical (unpaired) electrons. The van der Waals surface area contributed by atoms with E-state index in [2.05, 4.69) is 26.5 Å². The van der Waals surface area contributed by atoms with Gasteiger partial charge in [-0.25, -0.2) is 5.43 Å². The molecule has 8 nitrogen and oxygen atoms in total. The first-order valence-electron chi connectivity index (χ1n) is 7.02. The Labute approximate surface area is 151 Å². The van der Waals surface area contributed by atoms with Crippen LogP contribution in [-0.4, -0.2) is 30.8 Å². The first kappa shape index (κ1) is 18.4. The minimum absolute atomic E-state index is 0.0507. The number of hydrogen-bond acceptors (Lipinski definition) is 6. The first-order chi connectivity index (χ1) is 12.0. The van der Waals surface area contributed by atoms with E-state index in [-0.39, 0.29) is 12.3 Å². The fraction of sp³-hybridized carbons (Fsp3) is 0.125. The summed E-state index contributed by atoms with van der Waals surface area (Å²) in [5, 5.41) is 14.4. The standard InChI is InChI=1S/C16H14BrN3O5/c1-24-14-6-7-15(17)11(8-14)9-18-19-16(21)10-25-13-4-2-12(3-5-13)20(22)23/h2-9H,10H2,1H3,(H,19,21)/b18-9-. The monoisotopic (exact) mass is 407 g/mol. The molecule has 2 rings (SSSR count). The molecule has 25 heavy (non-hydrogen) atoms. The van der Waals surface area contributed by atoms with Crippen molar-refractivity contribution >= 4 is 33.7 Å². The second-order valence-corrected chi connectivity index (χ2v) is 5.57. The van der Waals surface area contributed by atoms with Gasteiger partial charge in [0.1, 0.15) is 11.5 Å². The average Bonchev–Trinajstić information content (AvgIpc) is 2.62. The highest BCUT2D eigenvalue weighted by atomic mass is 79.9. The van der Waals surface area contributed by atoms with E-state index < -0.39 is 10.8 Å². The fourth-order valence-electron chi connectivity index (χ4n) is 1.77. The largest absolute Gasteiger partial charge is 0.497 e. The van der Waals surface area contributed by atoms with Crippen LogP contribution in [0.1, 0.15) is 5.56 Å². The van der Waals surface area contributed by atoms with Crippen molar-refractivity contribution in [2.45, 2.75) is 0 Å². The third-order valence-corrected chi connectivity index (χ3v) is 3.74. The smallest absolute Gasteiger partial charge is 0.277 e. The molecule has 130 valence electrons. The van der Waals surface area contributed by atoms with E-state index in [1.54, 1.807) is 25.3 Å². The van der Waals surface area contributed by atoms with E-state index in [0.717, 1.165) is 10.0 Å². The van der Waals surface area contributed by atoms with E-state index in [1.807, 2.05) is 0 Å². The van der Waals surface area contributed by atoms with Crippen molar-refractivity contribution in [2.75, 3.05) is 13.7 Å². The Morgan fingerprint density at radius 3 is 2.60 bits per heavy atom. The highest BCUT2D eigenvalue weighted by Gasteiger charge is 2.06. The molecule has 0 saturated carbocycles.